The summed E-state index contributed by atoms with van der Waals surface area (Å²) in [4.78, 5) is 38.1. The van der Waals surface area contributed by atoms with Crippen LogP contribution in [-0.2, 0) is 0 Å². The molecule has 0 fully saturated rings. The van der Waals surface area contributed by atoms with Crippen molar-refractivity contribution < 1.29 is 24.2 Å². The zero-order chi connectivity index (χ0) is 16.8. The molecule has 1 aromatic heterocycles. The van der Waals surface area contributed by atoms with Gasteiger partial charge in [-0.25, -0.2) is 4.79 Å². The zero-order valence-corrected chi connectivity index (χ0v) is 12.1. The van der Waals surface area contributed by atoms with Gasteiger partial charge < -0.3 is 9.84 Å². The van der Waals surface area contributed by atoms with E-state index in [2.05, 4.69) is 15.8 Å². The molecule has 8 heteroatoms. The van der Waals surface area contributed by atoms with E-state index in [9.17, 15) is 14.4 Å². The van der Waals surface area contributed by atoms with E-state index in [1.807, 2.05) is 0 Å². The summed E-state index contributed by atoms with van der Waals surface area (Å²) in [5.74, 6) is -1.71. The molecular formula is C15H13N3O5. The molecule has 3 N–H and O–H groups in total. The molecule has 0 aliphatic carbocycles. The minimum absolute atomic E-state index is 0.0231. The molecule has 1 heterocycles. The molecule has 0 radical (unpaired) electrons. The summed E-state index contributed by atoms with van der Waals surface area (Å²) in [6.07, 6.45) is 1.06. The van der Waals surface area contributed by atoms with Crippen molar-refractivity contribution in [1.29, 1.82) is 0 Å². The van der Waals surface area contributed by atoms with Gasteiger partial charge in [0.15, 0.2) is 0 Å². The van der Waals surface area contributed by atoms with Crippen molar-refractivity contribution >= 4 is 17.8 Å². The van der Waals surface area contributed by atoms with Gasteiger partial charge in [0.25, 0.3) is 11.8 Å². The highest BCUT2D eigenvalue weighted by molar-refractivity contribution is 5.98. The second-order valence-corrected chi connectivity index (χ2v) is 4.37. The van der Waals surface area contributed by atoms with Crippen LogP contribution in [0.5, 0.6) is 5.75 Å². The highest BCUT2D eigenvalue weighted by Crippen LogP contribution is 2.10. The highest BCUT2D eigenvalue weighted by Gasteiger charge is 2.11. The lowest BCUT2D eigenvalue weighted by atomic mass is 10.2. The Hall–Kier alpha value is -3.42. The first-order valence-electron chi connectivity index (χ1n) is 6.45. The molecule has 2 amide bonds. The average molecular weight is 315 g/mol. The number of carboxylic acid groups (broad SMARTS) is 1. The summed E-state index contributed by atoms with van der Waals surface area (Å²) in [5, 5.41) is 8.75. The number of hydrogen-bond acceptors (Lipinski definition) is 5. The Bertz CT molecular complexity index is 726. The maximum atomic E-state index is 11.9. The molecule has 0 bridgehead atoms. The van der Waals surface area contributed by atoms with Crippen LogP contribution in [0.25, 0.3) is 0 Å². The SMILES string of the molecule is COc1ccc(C(=O)NNC(=O)c2ccc(C(=O)O)cn2)cc1. The third kappa shape index (κ3) is 4.03. The molecular weight excluding hydrogens is 302 g/mol. The van der Waals surface area contributed by atoms with Crippen LogP contribution in [0.3, 0.4) is 0 Å². The highest BCUT2D eigenvalue weighted by atomic mass is 16.5. The number of benzene rings is 1. The number of rotatable bonds is 4. The van der Waals surface area contributed by atoms with Gasteiger partial charge in [-0.3, -0.25) is 25.4 Å². The molecule has 0 spiro atoms. The number of carboxylic acids is 1. The Morgan fingerprint density at radius 2 is 1.57 bits per heavy atom. The number of hydrogen-bond donors (Lipinski definition) is 3. The van der Waals surface area contributed by atoms with E-state index >= 15 is 0 Å². The zero-order valence-electron chi connectivity index (χ0n) is 12.1. The second kappa shape index (κ2) is 7.03. The smallest absolute Gasteiger partial charge is 0.337 e. The minimum atomic E-state index is -1.14. The number of nitrogens with one attached hydrogen (secondary N) is 2. The Labute approximate surface area is 131 Å². The fourth-order valence-electron chi connectivity index (χ4n) is 1.65. The van der Waals surface area contributed by atoms with Crippen LogP contribution in [0.1, 0.15) is 31.2 Å². The third-order valence-corrected chi connectivity index (χ3v) is 2.88. The number of nitrogens with zero attached hydrogens (tertiary/aromatic N) is 1. The minimum Gasteiger partial charge on any atom is -0.497 e. The molecule has 1 aromatic carbocycles. The lowest BCUT2D eigenvalue weighted by Crippen LogP contribution is -2.41. The molecule has 0 atom stereocenters. The Balaban J connectivity index is 1.94. The third-order valence-electron chi connectivity index (χ3n) is 2.88. The largest absolute Gasteiger partial charge is 0.497 e. The quantitative estimate of drug-likeness (QED) is 0.720. The van der Waals surface area contributed by atoms with E-state index in [0.29, 0.717) is 11.3 Å². The van der Waals surface area contributed by atoms with Crippen LogP contribution < -0.4 is 15.6 Å². The molecule has 0 saturated carbocycles. The number of ether oxygens (including phenoxy) is 1. The summed E-state index contributed by atoms with van der Waals surface area (Å²) in [6.45, 7) is 0. The monoisotopic (exact) mass is 315 g/mol. The van der Waals surface area contributed by atoms with Crippen LogP contribution in [0.15, 0.2) is 42.6 Å². The van der Waals surface area contributed by atoms with Gasteiger partial charge in [0.2, 0.25) is 0 Å². The van der Waals surface area contributed by atoms with Gasteiger partial charge in [0, 0.05) is 11.8 Å². The second-order valence-electron chi connectivity index (χ2n) is 4.37. The van der Waals surface area contributed by atoms with Crippen LogP contribution in [0, 0.1) is 0 Å². The fraction of sp³-hybridized carbons (Fsp3) is 0.0667. The van der Waals surface area contributed by atoms with Gasteiger partial charge in [0.1, 0.15) is 11.4 Å². The molecule has 8 nitrogen and oxygen atoms in total. The van der Waals surface area contributed by atoms with Gasteiger partial charge in [-0.05, 0) is 36.4 Å². The topological polar surface area (TPSA) is 118 Å². The lowest BCUT2D eigenvalue weighted by Gasteiger charge is -2.07. The van der Waals surface area contributed by atoms with Crippen molar-refractivity contribution in [2.75, 3.05) is 7.11 Å². The van der Waals surface area contributed by atoms with E-state index in [4.69, 9.17) is 9.84 Å². The van der Waals surface area contributed by atoms with Gasteiger partial charge in [-0.1, -0.05) is 0 Å². The summed E-state index contributed by atoms with van der Waals surface area (Å²) >= 11 is 0. The van der Waals surface area contributed by atoms with Gasteiger partial charge >= 0.3 is 5.97 Å². The molecule has 0 saturated heterocycles. The van der Waals surface area contributed by atoms with Crippen molar-refractivity contribution in [3.8, 4) is 5.75 Å². The Kier molecular flexibility index (Phi) is 4.88. The predicted octanol–water partition coefficient (Wildman–Crippen LogP) is 0.863. The number of carbonyl (C=O) groups excluding carboxylic acids is 2. The molecule has 23 heavy (non-hydrogen) atoms. The molecule has 118 valence electrons. The van der Waals surface area contributed by atoms with E-state index in [1.54, 1.807) is 24.3 Å². The first-order chi connectivity index (χ1) is 11.0. The van der Waals surface area contributed by atoms with Crippen molar-refractivity contribution in [1.82, 2.24) is 15.8 Å². The molecule has 2 rings (SSSR count). The lowest BCUT2D eigenvalue weighted by molar-refractivity contribution is 0.0695. The number of carbonyl (C=O) groups is 3. The van der Waals surface area contributed by atoms with E-state index in [0.717, 1.165) is 6.20 Å². The first kappa shape index (κ1) is 16.0. The normalized spacial score (nSPS) is 9.78. The van der Waals surface area contributed by atoms with Crippen LogP contribution in [0.4, 0.5) is 0 Å². The molecule has 0 aliphatic rings. The van der Waals surface area contributed by atoms with Gasteiger partial charge in [0.05, 0.1) is 12.7 Å². The molecule has 2 aromatic rings. The number of amides is 2. The molecule has 0 unspecified atom stereocenters. The Morgan fingerprint density at radius 1 is 0.957 bits per heavy atom. The molecule has 0 aliphatic heterocycles. The van der Waals surface area contributed by atoms with E-state index in [1.165, 1.54) is 19.2 Å². The maximum absolute atomic E-state index is 11.9. The van der Waals surface area contributed by atoms with Crippen molar-refractivity contribution in [2.45, 2.75) is 0 Å². The van der Waals surface area contributed by atoms with Crippen LogP contribution in [-0.4, -0.2) is 35.0 Å². The summed E-state index contributed by atoms with van der Waals surface area (Å²) in [5.41, 5.74) is 4.70. The number of methoxy groups -OCH3 is 1. The number of aromatic carboxylic acids is 1. The van der Waals surface area contributed by atoms with Crippen molar-refractivity contribution in [3.05, 3.63) is 59.4 Å². The summed E-state index contributed by atoms with van der Waals surface area (Å²) < 4.78 is 4.98. The van der Waals surface area contributed by atoms with Gasteiger partial charge in [-0.15, -0.1) is 0 Å². The average Bonchev–Trinajstić information content (AvgIpc) is 2.59. The standard InChI is InChI=1S/C15H13N3O5/c1-23-11-5-2-9(3-6-11)13(19)17-18-14(20)12-7-4-10(8-16-12)15(21)22/h2-8H,1H3,(H,17,19)(H,18,20)(H,21,22). The summed E-state index contributed by atoms with van der Waals surface area (Å²) in [6, 6.07) is 8.81. The number of hydrazine groups is 1. The van der Waals surface area contributed by atoms with E-state index < -0.39 is 17.8 Å². The van der Waals surface area contributed by atoms with Gasteiger partial charge in [-0.2, -0.15) is 0 Å². The van der Waals surface area contributed by atoms with Crippen LogP contribution in [0.2, 0.25) is 0 Å². The first-order valence-corrected chi connectivity index (χ1v) is 6.45. The van der Waals surface area contributed by atoms with Crippen molar-refractivity contribution in [2.24, 2.45) is 0 Å². The number of pyridine rings is 1. The van der Waals surface area contributed by atoms with E-state index in [-0.39, 0.29) is 11.3 Å². The predicted molar refractivity (Wildman–Crippen MR) is 79.1 cm³/mol. The summed E-state index contributed by atoms with van der Waals surface area (Å²) in [7, 11) is 1.51. The van der Waals surface area contributed by atoms with Crippen LogP contribution >= 0.6 is 0 Å². The fourth-order valence-corrected chi connectivity index (χ4v) is 1.65. The van der Waals surface area contributed by atoms with Crippen molar-refractivity contribution in [3.63, 3.8) is 0 Å². The number of aromatic nitrogens is 1. The maximum Gasteiger partial charge on any atom is 0.337 e. The Morgan fingerprint density at radius 3 is 2.09 bits per heavy atom.